The van der Waals surface area contributed by atoms with E-state index in [1.807, 2.05) is 0 Å². The van der Waals surface area contributed by atoms with Crippen LogP contribution in [-0.4, -0.2) is 19.6 Å². The molecule has 1 heterocycles. The van der Waals surface area contributed by atoms with Gasteiger partial charge >= 0.3 is 5.63 Å². The molecule has 0 spiro atoms. The summed E-state index contributed by atoms with van der Waals surface area (Å²) >= 11 is 0. The zero-order valence-corrected chi connectivity index (χ0v) is 14.4. The van der Waals surface area contributed by atoms with Gasteiger partial charge in [-0.25, -0.2) is 9.18 Å². The Morgan fingerprint density at radius 2 is 1.88 bits per heavy atom. The predicted octanol–water partition coefficient (Wildman–Crippen LogP) is 3.22. The molecule has 134 valence electrons. The SMILES string of the molecule is CO[C@@](C)(CNC(=O)c1cc2ccccc2oc1=O)c1ccccc1F. The van der Waals surface area contributed by atoms with E-state index in [0.29, 0.717) is 16.5 Å². The highest BCUT2D eigenvalue weighted by Gasteiger charge is 2.30. The zero-order valence-electron chi connectivity index (χ0n) is 14.4. The summed E-state index contributed by atoms with van der Waals surface area (Å²) < 4.78 is 24.7. The minimum atomic E-state index is -1.09. The van der Waals surface area contributed by atoms with E-state index in [2.05, 4.69) is 5.32 Å². The summed E-state index contributed by atoms with van der Waals surface area (Å²) in [7, 11) is 1.43. The molecule has 0 fully saturated rings. The molecule has 0 saturated carbocycles. The summed E-state index contributed by atoms with van der Waals surface area (Å²) in [6.45, 7) is 1.64. The van der Waals surface area contributed by atoms with Crippen molar-refractivity contribution in [1.82, 2.24) is 5.32 Å². The fraction of sp³-hybridized carbons (Fsp3) is 0.200. The summed E-state index contributed by atoms with van der Waals surface area (Å²) in [4.78, 5) is 24.5. The maximum absolute atomic E-state index is 14.1. The number of para-hydroxylation sites is 1. The van der Waals surface area contributed by atoms with Crippen molar-refractivity contribution >= 4 is 16.9 Å². The number of ether oxygens (including phenoxy) is 1. The summed E-state index contributed by atoms with van der Waals surface area (Å²) in [6, 6.07) is 14.6. The van der Waals surface area contributed by atoms with Crippen molar-refractivity contribution in [2.75, 3.05) is 13.7 Å². The van der Waals surface area contributed by atoms with Gasteiger partial charge in [0.2, 0.25) is 0 Å². The number of hydrogen-bond donors (Lipinski definition) is 1. The van der Waals surface area contributed by atoms with Crippen LogP contribution < -0.4 is 10.9 Å². The second kappa shape index (κ2) is 7.09. The molecule has 3 rings (SSSR count). The second-order valence-electron chi connectivity index (χ2n) is 6.08. The fourth-order valence-electron chi connectivity index (χ4n) is 2.73. The molecule has 6 heteroatoms. The van der Waals surface area contributed by atoms with Gasteiger partial charge in [-0.05, 0) is 25.1 Å². The van der Waals surface area contributed by atoms with Crippen LogP contribution in [0, 0.1) is 5.82 Å². The average Bonchev–Trinajstić information content (AvgIpc) is 2.65. The lowest BCUT2D eigenvalue weighted by atomic mass is 9.95. The molecular formula is C20H18FNO4. The van der Waals surface area contributed by atoms with Crippen LogP contribution in [0.5, 0.6) is 0 Å². The van der Waals surface area contributed by atoms with Crippen LogP contribution in [0.1, 0.15) is 22.8 Å². The lowest BCUT2D eigenvalue weighted by Gasteiger charge is -2.29. The largest absolute Gasteiger partial charge is 0.422 e. The van der Waals surface area contributed by atoms with Crippen LogP contribution in [0.3, 0.4) is 0 Å². The first kappa shape index (κ1) is 17.8. The Morgan fingerprint density at radius 3 is 2.62 bits per heavy atom. The van der Waals surface area contributed by atoms with Crippen LogP contribution in [-0.2, 0) is 10.3 Å². The van der Waals surface area contributed by atoms with Crippen LogP contribution in [0.4, 0.5) is 4.39 Å². The van der Waals surface area contributed by atoms with Gasteiger partial charge < -0.3 is 14.5 Å². The molecular weight excluding hydrogens is 337 g/mol. The lowest BCUT2D eigenvalue weighted by molar-refractivity contribution is 0.000359. The molecule has 0 saturated heterocycles. The molecule has 0 aliphatic rings. The first-order chi connectivity index (χ1) is 12.4. The van der Waals surface area contributed by atoms with E-state index >= 15 is 0 Å². The highest BCUT2D eigenvalue weighted by Crippen LogP contribution is 2.26. The van der Waals surface area contributed by atoms with Crippen molar-refractivity contribution in [1.29, 1.82) is 0 Å². The van der Waals surface area contributed by atoms with Crippen molar-refractivity contribution in [3.05, 3.63) is 82.0 Å². The van der Waals surface area contributed by atoms with E-state index in [-0.39, 0.29) is 12.1 Å². The molecule has 0 bridgehead atoms. The summed E-state index contributed by atoms with van der Waals surface area (Å²) in [6.07, 6.45) is 0. The second-order valence-corrected chi connectivity index (χ2v) is 6.08. The number of rotatable bonds is 5. The van der Waals surface area contributed by atoms with Crippen molar-refractivity contribution in [3.8, 4) is 0 Å². The number of nitrogens with one attached hydrogen (secondary N) is 1. The molecule has 0 aliphatic carbocycles. The number of amides is 1. The minimum absolute atomic E-state index is 0.0183. The molecule has 1 aromatic heterocycles. The maximum atomic E-state index is 14.1. The van der Waals surface area contributed by atoms with Gasteiger partial charge in [0, 0.05) is 18.1 Å². The Balaban J connectivity index is 1.85. The summed E-state index contributed by atoms with van der Waals surface area (Å²) in [5.41, 5.74) is -1.21. The monoisotopic (exact) mass is 355 g/mol. The number of benzene rings is 2. The summed E-state index contributed by atoms with van der Waals surface area (Å²) in [5, 5.41) is 3.27. The van der Waals surface area contributed by atoms with E-state index in [1.165, 1.54) is 19.2 Å². The normalized spacial score (nSPS) is 13.3. The third-order valence-electron chi connectivity index (χ3n) is 4.37. The Morgan fingerprint density at radius 1 is 1.19 bits per heavy atom. The molecule has 0 unspecified atom stereocenters. The molecule has 0 aliphatic heterocycles. The van der Waals surface area contributed by atoms with E-state index < -0.39 is 23.0 Å². The molecule has 0 radical (unpaired) electrons. The number of hydrogen-bond acceptors (Lipinski definition) is 4. The van der Waals surface area contributed by atoms with Crippen molar-refractivity contribution in [2.24, 2.45) is 0 Å². The average molecular weight is 355 g/mol. The molecule has 1 N–H and O–H groups in total. The molecule has 1 amide bonds. The van der Waals surface area contributed by atoms with Gasteiger partial charge in [0.05, 0.1) is 6.54 Å². The summed E-state index contributed by atoms with van der Waals surface area (Å²) in [5.74, 6) is -1.04. The number of carbonyl (C=O) groups is 1. The first-order valence-corrected chi connectivity index (χ1v) is 8.06. The van der Waals surface area contributed by atoms with Gasteiger partial charge in [0.15, 0.2) is 0 Å². The topological polar surface area (TPSA) is 68.5 Å². The van der Waals surface area contributed by atoms with Gasteiger partial charge in [-0.1, -0.05) is 36.4 Å². The Hall–Kier alpha value is -2.99. The zero-order chi connectivity index (χ0) is 18.7. The highest BCUT2D eigenvalue weighted by atomic mass is 19.1. The van der Waals surface area contributed by atoms with Crippen molar-refractivity contribution in [2.45, 2.75) is 12.5 Å². The van der Waals surface area contributed by atoms with Gasteiger partial charge in [-0.3, -0.25) is 4.79 Å². The lowest BCUT2D eigenvalue weighted by Crippen LogP contribution is -2.41. The van der Waals surface area contributed by atoms with Gasteiger partial charge in [-0.15, -0.1) is 0 Å². The van der Waals surface area contributed by atoms with Gasteiger partial charge in [0.1, 0.15) is 22.6 Å². The maximum Gasteiger partial charge on any atom is 0.349 e. The molecule has 3 aromatic rings. The fourth-order valence-corrected chi connectivity index (χ4v) is 2.73. The van der Waals surface area contributed by atoms with Crippen LogP contribution >= 0.6 is 0 Å². The predicted molar refractivity (Wildman–Crippen MR) is 95.6 cm³/mol. The molecule has 1 atom stereocenters. The standard InChI is InChI=1S/C20H18FNO4/c1-20(25-2,15-8-4-5-9-16(15)21)12-22-18(23)14-11-13-7-3-6-10-17(13)26-19(14)24/h3-11H,12H2,1-2H3,(H,22,23)/t20-/m0/s1. The quantitative estimate of drug-likeness (QED) is 0.714. The van der Waals surface area contributed by atoms with E-state index in [1.54, 1.807) is 49.4 Å². The number of halogens is 1. The Bertz CT molecular complexity index is 1010. The van der Waals surface area contributed by atoms with E-state index in [0.717, 1.165) is 0 Å². The highest BCUT2D eigenvalue weighted by molar-refractivity contribution is 5.96. The van der Waals surface area contributed by atoms with Crippen LogP contribution in [0.15, 0.2) is 63.8 Å². The third-order valence-corrected chi connectivity index (χ3v) is 4.37. The Labute approximate surface area is 149 Å². The number of fused-ring (bicyclic) bond motifs is 1. The smallest absolute Gasteiger partial charge is 0.349 e. The molecule has 5 nitrogen and oxygen atoms in total. The third kappa shape index (κ3) is 3.36. The van der Waals surface area contributed by atoms with Crippen LogP contribution in [0.25, 0.3) is 11.0 Å². The van der Waals surface area contributed by atoms with E-state index in [4.69, 9.17) is 9.15 Å². The van der Waals surface area contributed by atoms with E-state index in [9.17, 15) is 14.0 Å². The Kier molecular flexibility index (Phi) is 4.86. The first-order valence-electron chi connectivity index (χ1n) is 8.06. The molecule has 26 heavy (non-hydrogen) atoms. The van der Waals surface area contributed by atoms with Crippen molar-refractivity contribution < 1.29 is 18.3 Å². The number of methoxy groups -OCH3 is 1. The number of carbonyl (C=O) groups excluding carboxylic acids is 1. The molecule has 2 aromatic carbocycles. The van der Waals surface area contributed by atoms with Gasteiger partial charge in [-0.2, -0.15) is 0 Å². The minimum Gasteiger partial charge on any atom is -0.422 e. The van der Waals surface area contributed by atoms with Crippen molar-refractivity contribution in [3.63, 3.8) is 0 Å². The van der Waals surface area contributed by atoms with Gasteiger partial charge in [0.25, 0.3) is 5.91 Å². The van der Waals surface area contributed by atoms with Crippen LogP contribution in [0.2, 0.25) is 0 Å².